The van der Waals surface area contributed by atoms with E-state index in [0.717, 1.165) is 12.2 Å². The van der Waals surface area contributed by atoms with Crippen molar-refractivity contribution in [1.29, 1.82) is 0 Å². The molecule has 0 radical (unpaired) electrons. The summed E-state index contributed by atoms with van der Waals surface area (Å²) in [5.41, 5.74) is 10.5. The quantitative estimate of drug-likeness (QED) is 0.852. The predicted molar refractivity (Wildman–Crippen MR) is 66.2 cm³/mol. The molecule has 0 saturated heterocycles. The fourth-order valence-electron chi connectivity index (χ4n) is 1.96. The number of hydrogen-bond acceptors (Lipinski definition) is 2. The standard InChI is InChI=1S/C13H17N3/c1-10-3-4-12(11(2)7-10)13-8-15-9-16(13)6-5-14/h3-4,7-9H,5-6,14H2,1-2H3. The molecule has 2 N–H and O–H groups in total. The van der Waals surface area contributed by atoms with Crippen LogP contribution in [0.1, 0.15) is 11.1 Å². The van der Waals surface area contributed by atoms with Crippen molar-refractivity contribution in [3.8, 4) is 11.3 Å². The topological polar surface area (TPSA) is 43.8 Å². The Bertz CT molecular complexity index is 486. The van der Waals surface area contributed by atoms with Gasteiger partial charge in [-0.1, -0.05) is 23.8 Å². The maximum atomic E-state index is 5.58. The minimum Gasteiger partial charge on any atom is -0.329 e. The molecule has 3 heteroatoms. The third-order valence-electron chi connectivity index (χ3n) is 2.74. The lowest BCUT2D eigenvalue weighted by atomic mass is 10.0. The number of imidazole rings is 1. The Labute approximate surface area is 95.9 Å². The number of aryl methyl sites for hydroxylation is 2. The monoisotopic (exact) mass is 215 g/mol. The molecule has 84 valence electrons. The van der Waals surface area contributed by atoms with Crippen LogP contribution in [0.15, 0.2) is 30.7 Å². The zero-order valence-electron chi connectivity index (χ0n) is 9.77. The van der Waals surface area contributed by atoms with Crippen molar-refractivity contribution >= 4 is 0 Å². The molecule has 0 aliphatic carbocycles. The van der Waals surface area contributed by atoms with E-state index in [1.807, 2.05) is 12.5 Å². The molecule has 0 amide bonds. The molecule has 0 bridgehead atoms. The lowest BCUT2D eigenvalue weighted by molar-refractivity contribution is 0.713. The Morgan fingerprint density at radius 2 is 2.12 bits per heavy atom. The Morgan fingerprint density at radius 1 is 1.31 bits per heavy atom. The van der Waals surface area contributed by atoms with Gasteiger partial charge in [0.25, 0.3) is 0 Å². The Balaban J connectivity index is 2.46. The normalized spacial score (nSPS) is 10.7. The fourth-order valence-corrected chi connectivity index (χ4v) is 1.96. The lowest BCUT2D eigenvalue weighted by Gasteiger charge is -2.09. The van der Waals surface area contributed by atoms with Crippen LogP contribution in [0, 0.1) is 13.8 Å². The molecular weight excluding hydrogens is 198 g/mol. The smallest absolute Gasteiger partial charge is 0.0951 e. The van der Waals surface area contributed by atoms with Crippen molar-refractivity contribution in [3.05, 3.63) is 41.9 Å². The summed E-state index contributed by atoms with van der Waals surface area (Å²) in [4.78, 5) is 4.19. The molecule has 0 saturated carbocycles. The van der Waals surface area contributed by atoms with E-state index in [9.17, 15) is 0 Å². The van der Waals surface area contributed by atoms with Gasteiger partial charge in [0.1, 0.15) is 0 Å². The highest BCUT2D eigenvalue weighted by Gasteiger charge is 2.07. The second kappa shape index (κ2) is 4.49. The average Bonchev–Trinajstić information content (AvgIpc) is 2.67. The van der Waals surface area contributed by atoms with Gasteiger partial charge in [0.15, 0.2) is 0 Å². The summed E-state index contributed by atoms with van der Waals surface area (Å²) in [6, 6.07) is 6.46. The van der Waals surface area contributed by atoms with Gasteiger partial charge in [-0.25, -0.2) is 4.98 Å². The van der Waals surface area contributed by atoms with Gasteiger partial charge < -0.3 is 10.3 Å². The molecule has 0 fully saturated rings. The van der Waals surface area contributed by atoms with Gasteiger partial charge >= 0.3 is 0 Å². The van der Waals surface area contributed by atoms with E-state index in [-0.39, 0.29) is 0 Å². The first-order chi connectivity index (χ1) is 7.72. The molecule has 0 atom stereocenters. The summed E-state index contributed by atoms with van der Waals surface area (Å²) in [5.74, 6) is 0. The first-order valence-electron chi connectivity index (χ1n) is 5.50. The van der Waals surface area contributed by atoms with Gasteiger partial charge in [0.05, 0.1) is 18.2 Å². The zero-order chi connectivity index (χ0) is 11.5. The van der Waals surface area contributed by atoms with E-state index in [1.54, 1.807) is 0 Å². The van der Waals surface area contributed by atoms with Gasteiger partial charge in [-0.2, -0.15) is 0 Å². The van der Waals surface area contributed by atoms with E-state index in [4.69, 9.17) is 5.73 Å². The van der Waals surface area contributed by atoms with E-state index in [2.05, 4.69) is 41.6 Å². The molecule has 0 aliphatic rings. The molecule has 16 heavy (non-hydrogen) atoms. The van der Waals surface area contributed by atoms with Crippen LogP contribution in [0.25, 0.3) is 11.3 Å². The number of aromatic nitrogens is 2. The van der Waals surface area contributed by atoms with Crippen LogP contribution < -0.4 is 5.73 Å². The van der Waals surface area contributed by atoms with Gasteiger partial charge in [0.2, 0.25) is 0 Å². The second-order valence-electron chi connectivity index (χ2n) is 4.08. The van der Waals surface area contributed by atoms with Crippen molar-refractivity contribution in [2.24, 2.45) is 5.73 Å². The zero-order valence-corrected chi connectivity index (χ0v) is 9.77. The Hall–Kier alpha value is -1.61. The number of nitrogens with zero attached hydrogens (tertiary/aromatic N) is 2. The van der Waals surface area contributed by atoms with Crippen LogP contribution >= 0.6 is 0 Å². The van der Waals surface area contributed by atoms with Crippen LogP contribution in [0.4, 0.5) is 0 Å². The summed E-state index contributed by atoms with van der Waals surface area (Å²) >= 11 is 0. The van der Waals surface area contributed by atoms with Crippen LogP contribution in [-0.2, 0) is 6.54 Å². The number of nitrogens with two attached hydrogens (primary N) is 1. The molecule has 3 nitrogen and oxygen atoms in total. The minimum absolute atomic E-state index is 0.633. The summed E-state index contributed by atoms with van der Waals surface area (Å²) in [5, 5.41) is 0. The van der Waals surface area contributed by atoms with Crippen molar-refractivity contribution in [1.82, 2.24) is 9.55 Å². The maximum Gasteiger partial charge on any atom is 0.0951 e. The molecule has 1 heterocycles. The molecule has 0 spiro atoms. The Kier molecular flexibility index (Phi) is 3.06. The third kappa shape index (κ3) is 1.99. The summed E-state index contributed by atoms with van der Waals surface area (Å²) in [6.07, 6.45) is 3.73. The van der Waals surface area contributed by atoms with Gasteiger partial charge in [-0.3, -0.25) is 0 Å². The van der Waals surface area contributed by atoms with E-state index >= 15 is 0 Å². The van der Waals surface area contributed by atoms with Crippen LogP contribution in [-0.4, -0.2) is 16.1 Å². The van der Waals surface area contributed by atoms with Gasteiger partial charge in [-0.05, 0) is 19.4 Å². The summed E-state index contributed by atoms with van der Waals surface area (Å²) in [6.45, 7) is 5.67. The fraction of sp³-hybridized carbons (Fsp3) is 0.308. The highest BCUT2D eigenvalue weighted by Crippen LogP contribution is 2.23. The second-order valence-corrected chi connectivity index (χ2v) is 4.08. The van der Waals surface area contributed by atoms with Crippen LogP contribution in [0.2, 0.25) is 0 Å². The van der Waals surface area contributed by atoms with Crippen LogP contribution in [0.5, 0.6) is 0 Å². The molecular formula is C13H17N3. The molecule has 2 rings (SSSR count). The number of rotatable bonds is 3. The van der Waals surface area contributed by atoms with E-state index in [0.29, 0.717) is 6.54 Å². The van der Waals surface area contributed by atoms with Crippen molar-refractivity contribution < 1.29 is 0 Å². The van der Waals surface area contributed by atoms with Gasteiger partial charge in [-0.15, -0.1) is 0 Å². The first-order valence-corrected chi connectivity index (χ1v) is 5.50. The van der Waals surface area contributed by atoms with Gasteiger partial charge in [0, 0.05) is 18.7 Å². The number of benzene rings is 1. The lowest BCUT2D eigenvalue weighted by Crippen LogP contribution is -2.10. The van der Waals surface area contributed by atoms with Crippen LogP contribution in [0.3, 0.4) is 0 Å². The third-order valence-corrected chi connectivity index (χ3v) is 2.74. The minimum atomic E-state index is 0.633. The molecule has 0 aliphatic heterocycles. The highest BCUT2D eigenvalue weighted by molar-refractivity contribution is 5.63. The molecule has 2 aromatic rings. The predicted octanol–water partition coefficient (Wildman–Crippen LogP) is 2.13. The summed E-state index contributed by atoms with van der Waals surface area (Å²) in [7, 11) is 0. The maximum absolute atomic E-state index is 5.58. The van der Waals surface area contributed by atoms with Crippen molar-refractivity contribution in [2.75, 3.05) is 6.54 Å². The average molecular weight is 215 g/mol. The largest absolute Gasteiger partial charge is 0.329 e. The molecule has 0 unspecified atom stereocenters. The SMILES string of the molecule is Cc1ccc(-c2cncn2CCN)c(C)c1. The van der Waals surface area contributed by atoms with E-state index < -0.39 is 0 Å². The van der Waals surface area contributed by atoms with Crippen molar-refractivity contribution in [3.63, 3.8) is 0 Å². The van der Waals surface area contributed by atoms with Crippen molar-refractivity contribution in [2.45, 2.75) is 20.4 Å². The molecule has 1 aromatic carbocycles. The summed E-state index contributed by atoms with van der Waals surface area (Å²) < 4.78 is 2.09. The first kappa shape index (κ1) is 10.9. The highest BCUT2D eigenvalue weighted by atomic mass is 15.0. The Morgan fingerprint density at radius 3 is 2.81 bits per heavy atom. The van der Waals surface area contributed by atoms with E-state index in [1.165, 1.54) is 16.7 Å². The molecule has 1 aromatic heterocycles. The number of hydrogen-bond donors (Lipinski definition) is 1.